The molecule has 3 aliphatic rings. The minimum atomic E-state index is -0.180. The van der Waals surface area contributed by atoms with Crippen LogP contribution in [0.1, 0.15) is 85.5 Å². The lowest BCUT2D eigenvalue weighted by molar-refractivity contribution is 0.112. The summed E-state index contributed by atoms with van der Waals surface area (Å²) in [5.41, 5.74) is 4.62. The maximum Gasteiger partial charge on any atom is 0.0583 e. The van der Waals surface area contributed by atoms with E-state index in [1.807, 2.05) is 0 Å². The largest absolute Gasteiger partial charge is 0.393 e. The van der Waals surface area contributed by atoms with Gasteiger partial charge in [0.05, 0.1) is 6.10 Å². The fourth-order valence-electron chi connectivity index (χ4n) is 6.24. The van der Waals surface area contributed by atoms with Crippen molar-refractivity contribution in [2.45, 2.75) is 91.6 Å². The molecule has 0 amide bonds. The van der Waals surface area contributed by atoms with Crippen LogP contribution in [0, 0.1) is 29.1 Å². The molecular weight excluding hydrogens is 340 g/mol. The normalized spacial score (nSPS) is 37.9. The van der Waals surface area contributed by atoms with E-state index < -0.39 is 0 Å². The van der Waals surface area contributed by atoms with E-state index in [1.54, 1.807) is 5.57 Å². The van der Waals surface area contributed by atoms with Crippen molar-refractivity contribution in [1.82, 2.24) is 0 Å². The summed E-state index contributed by atoms with van der Waals surface area (Å²) in [4.78, 5) is 0. The Morgan fingerprint density at radius 1 is 1.14 bits per heavy atom. The third kappa shape index (κ3) is 4.73. The summed E-state index contributed by atoms with van der Waals surface area (Å²) in [6.07, 6.45) is 19.9. The summed E-state index contributed by atoms with van der Waals surface area (Å²) < 4.78 is 0. The van der Waals surface area contributed by atoms with Crippen LogP contribution in [0.3, 0.4) is 0 Å². The monoisotopic (exact) mass is 382 g/mol. The molecule has 0 radical (unpaired) electrons. The zero-order valence-corrected chi connectivity index (χ0v) is 18.7. The second-order valence-electron chi connectivity index (χ2n) is 10.4. The standard InChI is InChI=1S/C27H42O/c1-19(2)8-6-9-21(4)25-15-16-26-22(10-7-17-27(25,26)5)12-13-23-18-24(28)14-11-20(23)3/h6,9,12-13,19,21,24-26,28H,3,7-8,10-11,14-18H2,1-2,4-5H3/b9-6+,22-12+,23-13-/t21-,24-,25-,26?,27?/m0/s1. The second kappa shape index (κ2) is 9.16. The first-order chi connectivity index (χ1) is 13.3. The second-order valence-corrected chi connectivity index (χ2v) is 10.4. The number of hydrogen-bond acceptors (Lipinski definition) is 1. The molecular formula is C27H42O. The zero-order valence-electron chi connectivity index (χ0n) is 18.7. The maximum absolute atomic E-state index is 10.0. The Bertz CT molecular complexity index is 649. The molecule has 0 aliphatic heterocycles. The lowest BCUT2D eigenvalue weighted by Gasteiger charge is -2.44. The van der Waals surface area contributed by atoms with Crippen molar-refractivity contribution >= 4 is 0 Å². The predicted molar refractivity (Wildman–Crippen MR) is 121 cm³/mol. The average Bonchev–Trinajstić information content (AvgIpc) is 2.99. The van der Waals surface area contributed by atoms with Crippen LogP contribution >= 0.6 is 0 Å². The minimum absolute atomic E-state index is 0.180. The van der Waals surface area contributed by atoms with Crippen LogP contribution in [0.2, 0.25) is 0 Å². The molecule has 0 aromatic carbocycles. The highest BCUT2D eigenvalue weighted by Crippen LogP contribution is 2.59. The van der Waals surface area contributed by atoms with Crippen LogP contribution in [-0.2, 0) is 0 Å². The van der Waals surface area contributed by atoms with E-state index in [9.17, 15) is 5.11 Å². The number of rotatable bonds is 5. The van der Waals surface area contributed by atoms with E-state index in [0.717, 1.165) is 37.0 Å². The summed E-state index contributed by atoms with van der Waals surface area (Å²) in [5.74, 6) is 2.98. The van der Waals surface area contributed by atoms with Gasteiger partial charge in [0.15, 0.2) is 0 Å². The molecule has 0 spiro atoms. The fourth-order valence-corrected chi connectivity index (χ4v) is 6.24. The van der Waals surface area contributed by atoms with Crippen LogP contribution in [0.5, 0.6) is 0 Å². The van der Waals surface area contributed by atoms with E-state index >= 15 is 0 Å². The first kappa shape index (κ1) is 21.6. The number of fused-ring (bicyclic) bond motifs is 1. The van der Waals surface area contributed by atoms with Crippen molar-refractivity contribution in [3.8, 4) is 0 Å². The van der Waals surface area contributed by atoms with Crippen molar-refractivity contribution in [1.29, 1.82) is 0 Å². The van der Waals surface area contributed by atoms with Crippen molar-refractivity contribution in [2.75, 3.05) is 0 Å². The molecule has 0 bridgehead atoms. The molecule has 1 N–H and O–H groups in total. The molecule has 5 atom stereocenters. The van der Waals surface area contributed by atoms with Crippen molar-refractivity contribution in [3.63, 3.8) is 0 Å². The van der Waals surface area contributed by atoms with Gasteiger partial charge in [0.1, 0.15) is 0 Å². The molecule has 3 aliphatic carbocycles. The van der Waals surface area contributed by atoms with E-state index in [1.165, 1.54) is 49.7 Å². The van der Waals surface area contributed by atoms with Gasteiger partial charge in [0.2, 0.25) is 0 Å². The lowest BCUT2D eigenvalue weighted by atomic mass is 9.61. The van der Waals surface area contributed by atoms with Gasteiger partial charge < -0.3 is 5.11 Å². The van der Waals surface area contributed by atoms with Gasteiger partial charge in [-0.15, -0.1) is 0 Å². The first-order valence-corrected chi connectivity index (χ1v) is 11.7. The Labute approximate surface area is 173 Å². The summed E-state index contributed by atoms with van der Waals surface area (Å²) in [7, 11) is 0. The van der Waals surface area contributed by atoms with Gasteiger partial charge >= 0.3 is 0 Å². The summed E-state index contributed by atoms with van der Waals surface area (Å²) in [5, 5.41) is 10.0. The number of aliphatic hydroxyl groups is 1. The van der Waals surface area contributed by atoms with Gasteiger partial charge in [-0.2, -0.15) is 0 Å². The first-order valence-electron chi connectivity index (χ1n) is 11.7. The average molecular weight is 383 g/mol. The molecule has 3 rings (SSSR count). The van der Waals surface area contributed by atoms with Crippen LogP contribution in [-0.4, -0.2) is 11.2 Å². The fraction of sp³-hybridized carbons (Fsp3) is 0.704. The maximum atomic E-state index is 10.0. The third-order valence-corrected chi connectivity index (χ3v) is 7.91. The number of hydrogen-bond donors (Lipinski definition) is 1. The molecule has 0 heterocycles. The van der Waals surface area contributed by atoms with Crippen LogP contribution in [0.15, 0.2) is 47.6 Å². The number of aliphatic hydroxyl groups excluding tert-OH is 1. The zero-order chi connectivity index (χ0) is 20.3. The van der Waals surface area contributed by atoms with E-state index in [4.69, 9.17) is 0 Å². The van der Waals surface area contributed by atoms with E-state index in [0.29, 0.717) is 11.3 Å². The summed E-state index contributed by atoms with van der Waals surface area (Å²) >= 11 is 0. The van der Waals surface area contributed by atoms with Gasteiger partial charge in [-0.05, 0) is 92.4 Å². The lowest BCUT2D eigenvalue weighted by Crippen LogP contribution is -2.35. The van der Waals surface area contributed by atoms with Crippen LogP contribution in [0.25, 0.3) is 0 Å². The Morgan fingerprint density at radius 2 is 1.93 bits per heavy atom. The topological polar surface area (TPSA) is 20.2 Å². The molecule has 2 unspecified atom stereocenters. The highest BCUT2D eigenvalue weighted by molar-refractivity contribution is 5.36. The minimum Gasteiger partial charge on any atom is -0.393 e. The molecule has 3 fully saturated rings. The smallest absolute Gasteiger partial charge is 0.0583 e. The molecule has 1 nitrogen and oxygen atoms in total. The Hall–Kier alpha value is -1.08. The van der Waals surface area contributed by atoms with Gasteiger partial charge in [-0.1, -0.05) is 69.7 Å². The van der Waals surface area contributed by atoms with Gasteiger partial charge in [0, 0.05) is 0 Å². The highest BCUT2D eigenvalue weighted by atomic mass is 16.3. The summed E-state index contributed by atoms with van der Waals surface area (Å²) in [6, 6.07) is 0. The van der Waals surface area contributed by atoms with Crippen molar-refractivity contribution in [3.05, 3.63) is 47.6 Å². The quantitative estimate of drug-likeness (QED) is 0.491. The summed E-state index contributed by atoms with van der Waals surface area (Å²) in [6.45, 7) is 13.9. The van der Waals surface area contributed by atoms with Gasteiger partial charge in [-0.3, -0.25) is 0 Å². The predicted octanol–water partition coefficient (Wildman–Crippen LogP) is 7.40. The van der Waals surface area contributed by atoms with E-state index in [2.05, 4.69) is 58.6 Å². The molecule has 28 heavy (non-hydrogen) atoms. The van der Waals surface area contributed by atoms with Crippen LogP contribution in [0.4, 0.5) is 0 Å². The van der Waals surface area contributed by atoms with Gasteiger partial charge in [0.25, 0.3) is 0 Å². The molecule has 3 saturated carbocycles. The van der Waals surface area contributed by atoms with Crippen molar-refractivity contribution < 1.29 is 5.11 Å². The Kier molecular flexibility index (Phi) is 7.07. The van der Waals surface area contributed by atoms with E-state index in [-0.39, 0.29) is 6.10 Å². The molecule has 156 valence electrons. The van der Waals surface area contributed by atoms with Gasteiger partial charge in [-0.25, -0.2) is 0 Å². The SMILES string of the molecule is C=C1CC[C@H](O)C/C1=C/C=C1\CCCC2(C)C1CC[C@H]2[C@@H](C)/C=C/CC(C)C. The Balaban J connectivity index is 1.74. The third-order valence-electron chi connectivity index (χ3n) is 7.91. The highest BCUT2D eigenvalue weighted by Gasteiger charge is 2.50. The molecule has 0 saturated heterocycles. The number of allylic oxidation sites excluding steroid dienone is 6. The molecule has 1 heteroatoms. The van der Waals surface area contributed by atoms with Crippen LogP contribution < -0.4 is 0 Å². The Morgan fingerprint density at radius 3 is 2.68 bits per heavy atom. The molecule has 0 aromatic rings. The molecule has 0 aromatic heterocycles. The van der Waals surface area contributed by atoms with Crippen molar-refractivity contribution in [2.24, 2.45) is 29.1 Å².